The highest BCUT2D eigenvalue weighted by molar-refractivity contribution is 14.1. The fourth-order valence-electron chi connectivity index (χ4n) is 6.13. The van der Waals surface area contributed by atoms with Gasteiger partial charge in [-0.1, -0.05) is 84.9 Å². The van der Waals surface area contributed by atoms with Gasteiger partial charge in [-0.05, 0) is 139 Å². The van der Waals surface area contributed by atoms with Crippen molar-refractivity contribution in [2.75, 3.05) is 0 Å². The number of hydrogen-bond donors (Lipinski definition) is 0. The van der Waals surface area contributed by atoms with Gasteiger partial charge in [0.2, 0.25) is 0 Å². The van der Waals surface area contributed by atoms with Crippen LogP contribution in [0.3, 0.4) is 0 Å². The van der Waals surface area contributed by atoms with Crippen LogP contribution in [0.1, 0.15) is 43.0 Å². The van der Waals surface area contributed by atoms with Gasteiger partial charge in [-0.3, -0.25) is 0 Å². The summed E-state index contributed by atoms with van der Waals surface area (Å²) in [5.41, 5.74) is 7.04. The van der Waals surface area contributed by atoms with E-state index in [0.717, 1.165) is 40.5 Å². The molecule has 1 aliphatic rings. The summed E-state index contributed by atoms with van der Waals surface area (Å²) in [6.45, 7) is 0. The summed E-state index contributed by atoms with van der Waals surface area (Å²) in [6.07, 6.45) is 0. The van der Waals surface area contributed by atoms with Crippen molar-refractivity contribution in [1.29, 1.82) is 0 Å². The van der Waals surface area contributed by atoms with E-state index in [0.29, 0.717) is 22.6 Å². The zero-order valence-corrected chi connectivity index (χ0v) is 28.1. The van der Waals surface area contributed by atoms with Gasteiger partial charge in [0.25, 0.3) is 0 Å². The van der Waals surface area contributed by atoms with E-state index in [1.807, 2.05) is 72.8 Å². The van der Waals surface area contributed by atoms with Gasteiger partial charge in [0.05, 0.1) is 16.5 Å². The molecule has 1 aliphatic carbocycles. The first kappa shape index (κ1) is 29.4. The minimum atomic E-state index is -0.649. The molecule has 0 fully saturated rings. The van der Waals surface area contributed by atoms with Crippen molar-refractivity contribution in [3.63, 3.8) is 0 Å². The molecule has 218 valence electrons. The summed E-state index contributed by atoms with van der Waals surface area (Å²) >= 11 is 4.36. The molecule has 0 N–H and O–H groups in total. The van der Waals surface area contributed by atoms with E-state index in [2.05, 4.69) is 93.7 Å². The van der Waals surface area contributed by atoms with Crippen molar-refractivity contribution in [2.45, 2.75) is 5.41 Å². The van der Waals surface area contributed by atoms with Crippen LogP contribution in [0.2, 0.25) is 0 Å². The zero-order valence-electron chi connectivity index (χ0n) is 23.7. The van der Waals surface area contributed by atoms with Gasteiger partial charge in [0, 0.05) is 7.14 Å². The van der Waals surface area contributed by atoms with Gasteiger partial charge in [0.15, 0.2) is 0 Å². The predicted molar refractivity (Wildman–Crippen MR) is 192 cm³/mol. The summed E-state index contributed by atoms with van der Waals surface area (Å²) in [6, 6.07) is 47.1. The van der Waals surface area contributed by atoms with Crippen molar-refractivity contribution < 1.29 is 19.1 Å². The third-order valence-corrected chi connectivity index (χ3v) is 9.41. The highest BCUT2D eigenvalue weighted by Crippen LogP contribution is 2.56. The molecule has 0 unspecified atom stereocenters. The Balaban J connectivity index is 1.29. The van der Waals surface area contributed by atoms with Crippen LogP contribution in [0, 0.1) is 7.14 Å². The summed E-state index contributed by atoms with van der Waals surface area (Å²) in [7, 11) is 0. The Kier molecular flexibility index (Phi) is 8.01. The lowest BCUT2D eigenvalue weighted by atomic mass is 9.68. The summed E-state index contributed by atoms with van der Waals surface area (Å²) in [5.74, 6) is 0.135. The second kappa shape index (κ2) is 12.3. The van der Waals surface area contributed by atoms with Gasteiger partial charge >= 0.3 is 11.9 Å². The Labute approximate surface area is 288 Å². The fraction of sp³-hybridized carbons (Fsp3) is 0.0256. The van der Waals surface area contributed by atoms with Crippen molar-refractivity contribution in [2.24, 2.45) is 0 Å². The number of rotatable bonds is 6. The van der Waals surface area contributed by atoms with Gasteiger partial charge in [0.1, 0.15) is 11.5 Å². The molecule has 0 bridgehead atoms. The van der Waals surface area contributed by atoms with E-state index in [1.165, 1.54) is 0 Å². The van der Waals surface area contributed by atoms with E-state index in [1.54, 1.807) is 24.3 Å². The smallest absolute Gasteiger partial charge is 0.343 e. The molecule has 6 heteroatoms. The maximum Gasteiger partial charge on any atom is 0.343 e. The minimum Gasteiger partial charge on any atom is -0.423 e. The van der Waals surface area contributed by atoms with E-state index >= 15 is 0 Å². The van der Waals surface area contributed by atoms with Gasteiger partial charge in [-0.25, -0.2) is 9.59 Å². The highest BCUT2D eigenvalue weighted by atomic mass is 127. The van der Waals surface area contributed by atoms with Crippen LogP contribution >= 0.6 is 45.2 Å². The van der Waals surface area contributed by atoms with Crippen molar-refractivity contribution in [3.05, 3.63) is 186 Å². The number of carbonyl (C=O) groups excluding carboxylic acids is 2. The molecule has 45 heavy (non-hydrogen) atoms. The first-order valence-corrected chi connectivity index (χ1v) is 16.5. The maximum atomic E-state index is 12.9. The SMILES string of the molecule is O=C(Oc1ccc(C2(c3ccc(OC(=O)c4cccc(I)c4)cc3)c3ccccc3-c3ccccc32)cc1)c1cccc(I)c1. The normalized spacial score (nSPS) is 12.6. The molecule has 0 spiro atoms. The third kappa shape index (κ3) is 5.46. The number of hydrogen-bond acceptors (Lipinski definition) is 4. The van der Waals surface area contributed by atoms with E-state index in [9.17, 15) is 9.59 Å². The molecule has 0 radical (unpaired) electrons. The first-order chi connectivity index (χ1) is 21.9. The van der Waals surface area contributed by atoms with Crippen LogP contribution in [0.15, 0.2) is 146 Å². The monoisotopic (exact) mass is 810 g/mol. The molecule has 0 saturated heterocycles. The number of benzene rings is 6. The lowest BCUT2D eigenvalue weighted by molar-refractivity contribution is 0.0725. The topological polar surface area (TPSA) is 52.6 Å². The number of halogens is 2. The Bertz CT molecular complexity index is 1920. The Hall–Kier alpha value is -4.28. The van der Waals surface area contributed by atoms with Crippen molar-refractivity contribution in [3.8, 4) is 22.6 Å². The molecule has 6 aromatic rings. The van der Waals surface area contributed by atoms with Crippen LogP contribution in [0.5, 0.6) is 11.5 Å². The van der Waals surface area contributed by atoms with Crippen LogP contribution in [0.25, 0.3) is 11.1 Å². The predicted octanol–water partition coefficient (Wildman–Crippen LogP) is 9.70. The quantitative estimate of drug-likeness (QED) is 0.0955. The molecule has 0 aromatic heterocycles. The lowest BCUT2D eigenvalue weighted by Gasteiger charge is -2.34. The number of fused-ring (bicyclic) bond motifs is 3. The lowest BCUT2D eigenvalue weighted by Crippen LogP contribution is -2.28. The second-order valence-corrected chi connectivity index (χ2v) is 13.2. The largest absolute Gasteiger partial charge is 0.423 e. The van der Waals surface area contributed by atoms with E-state index in [4.69, 9.17) is 9.47 Å². The zero-order chi connectivity index (χ0) is 31.0. The molecule has 0 amide bonds. The van der Waals surface area contributed by atoms with Crippen LogP contribution in [-0.2, 0) is 5.41 Å². The summed E-state index contributed by atoms with van der Waals surface area (Å²) in [5, 5.41) is 0. The van der Waals surface area contributed by atoms with Crippen molar-refractivity contribution in [1.82, 2.24) is 0 Å². The Morgan fingerprint density at radius 2 is 0.867 bits per heavy atom. The molecule has 0 aliphatic heterocycles. The molecular formula is C39H24I2O4. The highest BCUT2D eigenvalue weighted by Gasteiger charge is 2.45. The van der Waals surface area contributed by atoms with Crippen LogP contribution in [-0.4, -0.2) is 11.9 Å². The molecule has 0 atom stereocenters. The average Bonchev–Trinajstić information content (AvgIpc) is 3.37. The molecule has 7 rings (SSSR count). The van der Waals surface area contributed by atoms with Gasteiger partial charge in [-0.15, -0.1) is 0 Å². The third-order valence-electron chi connectivity index (χ3n) is 8.07. The number of ether oxygens (including phenoxy) is 2. The molecule has 0 saturated carbocycles. The molecule has 6 aromatic carbocycles. The van der Waals surface area contributed by atoms with E-state index < -0.39 is 17.4 Å². The van der Waals surface area contributed by atoms with Crippen molar-refractivity contribution >= 4 is 57.1 Å². The standard InChI is InChI=1S/C39H24I2O4/c40-29-9-5-7-25(23-29)37(42)44-31-19-15-27(16-20-31)39(35-13-3-1-11-33(35)34-12-2-4-14-36(34)39)28-17-21-32(22-18-28)45-38(43)26-8-6-10-30(41)24-26/h1-24H. The number of carbonyl (C=O) groups is 2. The Morgan fingerprint density at radius 1 is 0.467 bits per heavy atom. The molecule has 0 heterocycles. The van der Waals surface area contributed by atoms with Crippen LogP contribution < -0.4 is 9.47 Å². The second-order valence-electron chi connectivity index (χ2n) is 10.7. The Morgan fingerprint density at radius 3 is 1.27 bits per heavy atom. The van der Waals surface area contributed by atoms with E-state index in [-0.39, 0.29) is 0 Å². The fourth-order valence-corrected chi connectivity index (χ4v) is 7.22. The molecular weight excluding hydrogens is 786 g/mol. The number of esters is 2. The summed E-state index contributed by atoms with van der Waals surface area (Å²) in [4.78, 5) is 25.7. The van der Waals surface area contributed by atoms with Crippen LogP contribution in [0.4, 0.5) is 0 Å². The summed E-state index contributed by atoms with van der Waals surface area (Å²) < 4.78 is 13.4. The van der Waals surface area contributed by atoms with Gasteiger partial charge in [-0.2, -0.15) is 0 Å². The maximum absolute atomic E-state index is 12.9. The van der Waals surface area contributed by atoms with Gasteiger partial charge < -0.3 is 9.47 Å². The molecule has 4 nitrogen and oxygen atoms in total. The average molecular weight is 810 g/mol. The first-order valence-electron chi connectivity index (χ1n) is 14.3. The minimum absolute atomic E-state index is 0.400.